The fraction of sp³-hybridized carbons (Fsp3) is 0.174. The number of hydrogen-bond acceptors (Lipinski definition) is 4. The Kier molecular flexibility index (Phi) is 5.56. The second kappa shape index (κ2) is 8.42. The number of ether oxygens (including phenoxy) is 1. The van der Waals surface area contributed by atoms with Gasteiger partial charge in [0.2, 0.25) is 0 Å². The zero-order chi connectivity index (χ0) is 18.5. The maximum atomic E-state index is 13.1. The first-order valence-corrected chi connectivity index (χ1v) is 9.92. The molecule has 0 aliphatic carbocycles. The van der Waals surface area contributed by atoms with Crippen LogP contribution in [0.3, 0.4) is 0 Å². The van der Waals surface area contributed by atoms with Crippen molar-refractivity contribution in [2.75, 3.05) is 31.2 Å². The number of morpholine rings is 1. The number of anilines is 1. The van der Waals surface area contributed by atoms with Gasteiger partial charge < -0.3 is 9.64 Å². The van der Waals surface area contributed by atoms with Crippen molar-refractivity contribution in [1.82, 2.24) is 0 Å². The Morgan fingerprint density at radius 3 is 2.19 bits per heavy atom. The number of hydrogen-bond donors (Lipinski definition) is 0. The topological polar surface area (TPSA) is 29.5 Å². The van der Waals surface area contributed by atoms with Crippen LogP contribution in [-0.2, 0) is 4.74 Å². The number of ketones is 1. The Hall–Kier alpha value is -2.56. The molecule has 1 saturated heterocycles. The van der Waals surface area contributed by atoms with Crippen molar-refractivity contribution >= 4 is 23.2 Å². The Morgan fingerprint density at radius 2 is 1.48 bits per heavy atom. The third-order valence-corrected chi connectivity index (χ3v) is 5.58. The van der Waals surface area contributed by atoms with Crippen LogP contribution >= 0.6 is 11.8 Å². The molecule has 4 heteroatoms. The first kappa shape index (κ1) is 17.8. The van der Waals surface area contributed by atoms with Crippen molar-refractivity contribution in [2.24, 2.45) is 0 Å². The predicted molar refractivity (Wildman–Crippen MR) is 110 cm³/mol. The fourth-order valence-corrected chi connectivity index (χ4v) is 4.07. The van der Waals surface area contributed by atoms with Crippen LogP contribution in [0.25, 0.3) is 0 Å². The van der Waals surface area contributed by atoms with Crippen LogP contribution < -0.4 is 4.90 Å². The third-order valence-electron chi connectivity index (χ3n) is 4.58. The van der Waals surface area contributed by atoms with Gasteiger partial charge in [-0.2, -0.15) is 0 Å². The molecule has 0 spiro atoms. The molecule has 1 aliphatic rings. The van der Waals surface area contributed by atoms with Crippen LogP contribution in [-0.4, -0.2) is 32.1 Å². The predicted octanol–water partition coefficient (Wildman–Crippen LogP) is 4.91. The lowest BCUT2D eigenvalue weighted by Crippen LogP contribution is -2.37. The van der Waals surface area contributed by atoms with Crippen molar-refractivity contribution in [1.29, 1.82) is 0 Å². The minimum Gasteiger partial charge on any atom is -0.378 e. The lowest BCUT2D eigenvalue weighted by Gasteiger charge is -2.30. The molecule has 0 aromatic heterocycles. The summed E-state index contributed by atoms with van der Waals surface area (Å²) in [6.45, 7) is 2.98. The van der Waals surface area contributed by atoms with Gasteiger partial charge in [0, 0.05) is 39.7 Å². The molecule has 3 aromatic carbocycles. The van der Waals surface area contributed by atoms with Gasteiger partial charge in [-0.3, -0.25) is 4.79 Å². The van der Waals surface area contributed by atoms with Gasteiger partial charge in [0.1, 0.15) is 0 Å². The van der Waals surface area contributed by atoms with Crippen molar-refractivity contribution in [3.05, 3.63) is 90.0 Å². The normalized spacial score (nSPS) is 14.1. The molecule has 0 unspecified atom stereocenters. The maximum absolute atomic E-state index is 13.1. The highest BCUT2D eigenvalue weighted by Crippen LogP contribution is 2.33. The number of carbonyl (C=O) groups excluding carboxylic acids is 1. The molecule has 0 bridgehead atoms. The molecule has 0 amide bonds. The van der Waals surface area contributed by atoms with Crippen LogP contribution in [0.4, 0.5) is 5.69 Å². The Morgan fingerprint density at radius 1 is 0.815 bits per heavy atom. The van der Waals surface area contributed by atoms with E-state index in [0.717, 1.165) is 34.8 Å². The smallest absolute Gasteiger partial charge is 0.195 e. The highest BCUT2D eigenvalue weighted by molar-refractivity contribution is 7.99. The van der Waals surface area contributed by atoms with E-state index in [4.69, 9.17) is 4.74 Å². The molecule has 0 radical (unpaired) electrons. The molecule has 1 fully saturated rings. The second-order valence-electron chi connectivity index (χ2n) is 6.39. The van der Waals surface area contributed by atoms with Crippen LogP contribution in [0.5, 0.6) is 0 Å². The van der Waals surface area contributed by atoms with Gasteiger partial charge in [0.15, 0.2) is 5.78 Å². The fourth-order valence-electron chi connectivity index (χ4n) is 3.20. The molecule has 0 N–H and O–H groups in total. The number of benzene rings is 3. The Balaban J connectivity index is 1.70. The summed E-state index contributed by atoms with van der Waals surface area (Å²) in [5.41, 5.74) is 2.46. The Labute approximate surface area is 164 Å². The molecule has 4 rings (SSSR count). The van der Waals surface area contributed by atoms with Crippen LogP contribution in [0, 0.1) is 0 Å². The van der Waals surface area contributed by atoms with E-state index in [-0.39, 0.29) is 5.78 Å². The summed E-state index contributed by atoms with van der Waals surface area (Å²) in [4.78, 5) is 17.7. The maximum Gasteiger partial charge on any atom is 0.195 e. The molecular formula is C23H21NO2S. The molecule has 3 aromatic rings. The lowest BCUT2D eigenvalue weighted by atomic mass is 10.0. The summed E-state index contributed by atoms with van der Waals surface area (Å²) in [7, 11) is 0. The van der Waals surface area contributed by atoms with E-state index in [1.807, 2.05) is 60.7 Å². The van der Waals surface area contributed by atoms with E-state index in [2.05, 4.69) is 23.1 Å². The molecule has 136 valence electrons. The zero-order valence-electron chi connectivity index (χ0n) is 15.0. The zero-order valence-corrected chi connectivity index (χ0v) is 15.8. The third kappa shape index (κ3) is 4.24. The van der Waals surface area contributed by atoms with Gasteiger partial charge in [-0.05, 0) is 30.3 Å². The summed E-state index contributed by atoms with van der Waals surface area (Å²) < 4.78 is 5.50. The molecule has 1 heterocycles. The molecule has 0 saturated carbocycles. The van der Waals surface area contributed by atoms with Crippen LogP contribution in [0.15, 0.2) is 88.7 Å². The quantitative estimate of drug-likeness (QED) is 0.593. The van der Waals surface area contributed by atoms with Gasteiger partial charge in [-0.15, -0.1) is 0 Å². The van der Waals surface area contributed by atoms with Crippen molar-refractivity contribution in [3.8, 4) is 0 Å². The van der Waals surface area contributed by atoms with Gasteiger partial charge in [0.05, 0.1) is 13.2 Å². The van der Waals surface area contributed by atoms with Crippen molar-refractivity contribution < 1.29 is 9.53 Å². The monoisotopic (exact) mass is 375 g/mol. The summed E-state index contributed by atoms with van der Waals surface area (Å²) in [5, 5.41) is 0. The standard InChI is InChI=1S/C23H21NO2S/c25-23(18-7-3-1-4-8-18)21-12-11-20(27-19-9-5-2-6-10-19)17-22(21)24-13-15-26-16-14-24/h1-12,17H,13-16H2. The number of rotatable bonds is 5. The first-order chi connectivity index (χ1) is 13.3. The average molecular weight is 375 g/mol. The molecule has 27 heavy (non-hydrogen) atoms. The first-order valence-electron chi connectivity index (χ1n) is 9.11. The Bertz CT molecular complexity index is 906. The largest absolute Gasteiger partial charge is 0.378 e. The summed E-state index contributed by atoms with van der Waals surface area (Å²) in [6, 6.07) is 25.9. The number of carbonyl (C=O) groups is 1. The minimum absolute atomic E-state index is 0.0633. The lowest BCUT2D eigenvalue weighted by molar-refractivity contribution is 0.103. The van der Waals surface area contributed by atoms with E-state index in [9.17, 15) is 4.79 Å². The summed E-state index contributed by atoms with van der Waals surface area (Å²) in [5.74, 6) is 0.0633. The second-order valence-corrected chi connectivity index (χ2v) is 7.54. The van der Waals surface area contributed by atoms with Gasteiger partial charge in [0.25, 0.3) is 0 Å². The molecule has 1 aliphatic heterocycles. The van der Waals surface area contributed by atoms with E-state index in [1.54, 1.807) is 11.8 Å². The van der Waals surface area contributed by atoms with Crippen LogP contribution in [0.1, 0.15) is 15.9 Å². The molecule has 0 atom stereocenters. The highest BCUT2D eigenvalue weighted by atomic mass is 32.2. The van der Waals surface area contributed by atoms with Crippen LogP contribution in [0.2, 0.25) is 0 Å². The van der Waals surface area contributed by atoms with E-state index in [0.29, 0.717) is 13.2 Å². The SMILES string of the molecule is O=C(c1ccccc1)c1ccc(Sc2ccccc2)cc1N1CCOCC1. The van der Waals surface area contributed by atoms with Gasteiger partial charge >= 0.3 is 0 Å². The molecule has 3 nitrogen and oxygen atoms in total. The van der Waals surface area contributed by atoms with Crippen molar-refractivity contribution in [3.63, 3.8) is 0 Å². The number of nitrogens with zero attached hydrogens (tertiary/aromatic N) is 1. The average Bonchev–Trinajstić information content (AvgIpc) is 2.75. The summed E-state index contributed by atoms with van der Waals surface area (Å²) in [6.07, 6.45) is 0. The summed E-state index contributed by atoms with van der Waals surface area (Å²) >= 11 is 1.71. The van der Waals surface area contributed by atoms with E-state index < -0.39 is 0 Å². The van der Waals surface area contributed by atoms with E-state index >= 15 is 0 Å². The van der Waals surface area contributed by atoms with Crippen molar-refractivity contribution in [2.45, 2.75) is 9.79 Å². The molecular weight excluding hydrogens is 354 g/mol. The van der Waals surface area contributed by atoms with E-state index in [1.165, 1.54) is 4.90 Å². The van der Waals surface area contributed by atoms with Gasteiger partial charge in [-0.25, -0.2) is 0 Å². The van der Waals surface area contributed by atoms with Gasteiger partial charge in [-0.1, -0.05) is 60.3 Å². The highest BCUT2D eigenvalue weighted by Gasteiger charge is 2.20. The minimum atomic E-state index is 0.0633.